The summed E-state index contributed by atoms with van der Waals surface area (Å²) in [6, 6.07) is -0.854. The summed E-state index contributed by atoms with van der Waals surface area (Å²) in [6.07, 6.45) is 2.44. The third-order valence-corrected chi connectivity index (χ3v) is 3.55. The van der Waals surface area contributed by atoms with Gasteiger partial charge in [-0.3, -0.25) is 19.3 Å². The third-order valence-electron chi connectivity index (χ3n) is 3.55. The second-order valence-electron chi connectivity index (χ2n) is 5.35. The van der Waals surface area contributed by atoms with Crippen LogP contribution < -0.4 is 11.1 Å². The standard InChI is InChI=1S/C13H23N3O5/c14-10(13(20)21)2-1-3-11(17)15-9-4-6-16(7-5-9)8-12(18)19/h9-10H,1-8,14H2,(H,15,17)(H,18,19)(H,20,21)/t10-/m1/s1. The second kappa shape index (κ2) is 8.58. The number of likely N-dealkylation sites (tertiary alicyclic amines) is 1. The number of hydrogen-bond acceptors (Lipinski definition) is 5. The molecular weight excluding hydrogens is 278 g/mol. The highest BCUT2D eigenvalue weighted by Crippen LogP contribution is 2.10. The van der Waals surface area contributed by atoms with Crippen molar-refractivity contribution in [1.29, 1.82) is 0 Å². The van der Waals surface area contributed by atoms with Crippen LogP contribution in [0.2, 0.25) is 0 Å². The Labute approximate surface area is 123 Å². The average Bonchev–Trinajstić information content (AvgIpc) is 2.40. The summed E-state index contributed by atoms with van der Waals surface area (Å²) >= 11 is 0. The summed E-state index contributed by atoms with van der Waals surface area (Å²) in [5, 5.41) is 20.2. The summed E-state index contributed by atoms with van der Waals surface area (Å²) in [5.74, 6) is -2.00. The van der Waals surface area contributed by atoms with Crippen molar-refractivity contribution in [2.75, 3.05) is 19.6 Å². The number of carbonyl (C=O) groups is 3. The summed E-state index contributed by atoms with van der Waals surface area (Å²) in [7, 11) is 0. The van der Waals surface area contributed by atoms with E-state index in [2.05, 4.69) is 5.32 Å². The molecule has 120 valence electrons. The van der Waals surface area contributed by atoms with Gasteiger partial charge in [0.05, 0.1) is 6.54 Å². The number of carboxylic acids is 2. The SMILES string of the molecule is N[C@H](CCCC(=O)NC1CCN(CC(=O)O)CC1)C(=O)O. The Morgan fingerprint density at radius 1 is 1.24 bits per heavy atom. The van der Waals surface area contributed by atoms with Gasteiger partial charge in [0.25, 0.3) is 0 Å². The molecule has 0 saturated carbocycles. The predicted molar refractivity (Wildman–Crippen MR) is 74.7 cm³/mol. The Balaban J connectivity index is 2.16. The highest BCUT2D eigenvalue weighted by atomic mass is 16.4. The largest absolute Gasteiger partial charge is 0.480 e. The molecule has 1 atom stereocenters. The summed E-state index contributed by atoms with van der Waals surface area (Å²) < 4.78 is 0. The molecule has 1 heterocycles. The van der Waals surface area contributed by atoms with Crippen LogP contribution in [0, 0.1) is 0 Å². The number of hydrogen-bond donors (Lipinski definition) is 4. The van der Waals surface area contributed by atoms with Gasteiger partial charge in [0.1, 0.15) is 6.04 Å². The average molecular weight is 301 g/mol. The molecule has 0 aromatic heterocycles. The van der Waals surface area contributed by atoms with Crippen molar-refractivity contribution in [3.8, 4) is 0 Å². The molecule has 1 fully saturated rings. The van der Waals surface area contributed by atoms with E-state index in [-0.39, 0.29) is 31.3 Å². The number of nitrogens with two attached hydrogens (primary N) is 1. The van der Waals surface area contributed by atoms with Crippen molar-refractivity contribution in [2.24, 2.45) is 5.73 Å². The van der Waals surface area contributed by atoms with Gasteiger partial charge in [-0.25, -0.2) is 0 Å². The van der Waals surface area contributed by atoms with E-state index in [1.54, 1.807) is 0 Å². The molecule has 0 radical (unpaired) electrons. The maximum Gasteiger partial charge on any atom is 0.320 e. The molecule has 1 saturated heterocycles. The molecule has 0 spiro atoms. The maximum atomic E-state index is 11.7. The van der Waals surface area contributed by atoms with E-state index in [9.17, 15) is 14.4 Å². The maximum absolute atomic E-state index is 11.7. The number of carboxylic acid groups (broad SMARTS) is 2. The summed E-state index contributed by atoms with van der Waals surface area (Å²) in [4.78, 5) is 34.7. The molecule has 0 aromatic rings. The van der Waals surface area contributed by atoms with Gasteiger partial charge >= 0.3 is 11.9 Å². The highest BCUT2D eigenvalue weighted by molar-refractivity contribution is 5.76. The first-order valence-corrected chi connectivity index (χ1v) is 7.10. The minimum Gasteiger partial charge on any atom is -0.480 e. The minimum absolute atomic E-state index is 0.0355. The number of carbonyl (C=O) groups excluding carboxylic acids is 1. The lowest BCUT2D eigenvalue weighted by Gasteiger charge is -2.31. The van der Waals surface area contributed by atoms with Gasteiger partial charge in [0.15, 0.2) is 0 Å². The Kier molecular flexibility index (Phi) is 7.10. The first kappa shape index (κ1) is 17.4. The molecule has 1 rings (SSSR count). The minimum atomic E-state index is -1.05. The molecule has 8 nitrogen and oxygen atoms in total. The lowest BCUT2D eigenvalue weighted by Crippen LogP contribution is -2.45. The van der Waals surface area contributed by atoms with Crippen molar-refractivity contribution in [1.82, 2.24) is 10.2 Å². The monoisotopic (exact) mass is 301 g/mol. The first-order valence-electron chi connectivity index (χ1n) is 7.10. The molecule has 0 bridgehead atoms. The number of amides is 1. The molecule has 1 aliphatic heterocycles. The Bertz CT molecular complexity index is 380. The van der Waals surface area contributed by atoms with E-state index in [1.807, 2.05) is 4.90 Å². The lowest BCUT2D eigenvalue weighted by atomic mass is 10.0. The Morgan fingerprint density at radius 3 is 2.38 bits per heavy atom. The number of nitrogens with one attached hydrogen (secondary N) is 1. The Morgan fingerprint density at radius 2 is 1.86 bits per heavy atom. The van der Waals surface area contributed by atoms with Gasteiger partial charge < -0.3 is 21.3 Å². The first-order chi connectivity index (χ1) is 9.88. The van der Waals surface area contributed by atoms with Crippen molar-refractivity contribution >= 4 is 17.8 Å². The second-order valence-corrected chi connectivity index (χ2v) is 5.35. The lowest BCUT2D eigenvalue weighted by molar-refractivity contribution is -0.139. The van der Waals surface area contributed by atoms with Gasteiger partial charge in [0, 0.05) is 25.6 Å². The zero-order chi connectivity index (χ0) is 15.8. The predicted octanol–water partition coefficient (Wildman–Crippen LogP) is -0.766. The summed E-state index contributed by atoms with van der Waals surface area (Å²) in [5.41, 5.74) is 5.36. The van der Waals surface area contributed by atoms with E-state index >= 15 is 0 Å². The molecule has 0 unspecified atom stereocenters. The van der Waals surface area contributed by atoms with Crippen molar-refractivity contribution in [2.45, 2.75) is 44.2 Å². The van der Waals surface area contributed by atoms with Crippen LogP contribution in [0.3, 0.4) is 0 Å². The van der Waals surface area contributed by atoms with E-state index in [4.69, 9.17) is 15.9 Å². The van der Waals surface area contributed by atoms with Gasteiger partial charge in [-0.2, -0.15) is 0 Å². The van der Waals surface area contributed by atoms with Crippen LogP contribution in [0.1, 0.15) is 32.1 Å². The fraction of sp³-hybridized carbons (Fsp3) is 0.769. The number of piperidine rings is 1. The normalized spacial score (nSPS) is 18.1. The van der Waals surface area contributed by atoms with Gasteiger partial charge in [-0.1, -0.05) is 0 Å². The molecule has 5 N–H and O–H groups in total. The molecule has 0 aliphatic carbocycles. The molecular formula is C13H23N3O5. The van der Waals surface area contributed by atoms with Crippen LogP contribution in [0.15, 0.2) is 0 Å². The smallest absolute Gasteiger partial charge is 0.320 e. The van der Waals surface area contributed by atoms with Crippen molar-refractivity contribution in [3.05, 3.63) is 0 Å². The van der Waals surface area contributed by atoms with Crippen LogP contribution >= 0.6 is 0 Å². The molecule has 1 aliphatic rings. The quantitative estimate of drug-likeness (QED) is 0.463. The number of aliphatic carboxylic acids is 2. The zero-order valence-electron chi connectivity index (χ0n) is 12.0. The van der Waals surface area contributed by atoms with Gasteiger partial charge in [-0.05, 0) is 25.7 Å². The number of nitrogens with zero attached hydrogens (tertiary/aromatic N) is 1. The zero-order valence-corrected chi connectivity index (χ0v) is 12.0. The van der Waals surface area contributed by atoms with Crippen molar-refractivity contribution < 1.29 is 24.6 Å². The third kappa shape index (κ3) is 7.05. The van der Waals surface area contributed by atoms with Gasteiger partial charge in [-0.15, -0.1) is 0 Å². The summed E-state index contributed by atoms with van der Waals surface area (Å²) in [6.45, 7) is 1.34. The fourth-order valence-corrected chi connectivity index (χ4v) is 2.33. The van der Waals surface area contributed by atoms with Gasteiger partial charge in [0.2, 0.25) is 5.91 Å². The van der Waals surface area contributed by atoms with Crippen molar-refractivity contribution in [3.63, 3.8) is 0 Å². The van der Waals surface area contributed by atoms with Crippen LogP contribution in [0.4, 0.5) is 0 Å². The fourth-order valence-electron chi connectivity index (χ4n) is 2.33. The van der Waals surface area contributed by atoms with Crippen LogP contribution in [0.25, 0.3) is 0 Å². The van der Waals surface area contributed by atoms with Crippen LogP contribution in [-0.2, 0) is 14.4 Å². The van der Waals surface area contributed by atoms with E-state index in [0.717, 1.165) is 12.8 Å². The topological polar surface area (TPSA) is 133 Å². The van der Waals surface area contributed by atoms with Crippen LogP contribution in [0.5, 0.6) is 0 Å². The Hall–Kier alpha value is -1.67. The van der Waals surface area contributed by atoms with Crippen LogP contribution in [-0.4, -0.2) is 64.7 Å². The highest BCUT2D eigenvalue weighted by Gasteiger charge is 2.21. The van der Waals surface area contributed by atoms with E-state index < -0.39 is 18.0 Å². The molecule has 21 heavy (non-hydrogen) atoms. The van der Waals surface area contributed by atoms with E-state index in [1.165, 1.54) is 0 Å². The number of rotatable bonds is 8. The molecule has 8 heteroatoms. The van der Waals surface area contributed by atoms with E-state index in [0.29, 0.717) is 19.5 Å². The molecule has 0 aromatic carbocycles. The molecule has 1 amide bonds.